The molecule has 1 aromatic heterocycles. The normalized spacial score (nSPS) is 20.5. The number of rotatable bonds is 6. The van der Waals surface area contributed by atoms with Gasteiger partial charge in [0.15, 0.2) is 5.69 Å². The molecule has 30 heavy (non-hydrogen) atoms. The topological polar surface area (TPSA) is 63.5 Å². The van der Waals surface area contributed by atoms with Crippen LogP contribution in [0.1, 0.15) is 41.7 Å². The zero-order valence-electron chi connectivity index (χ0n) is 17.0. The van der Waals surface area contributed by atoms with Crippen LogP contribution in [0.15, 0.2) is 24.4 Å². The molecule has 1 unspecified atom stereocenters. The fourth-order valence-electron chi connectivity index (χ4n) is 4.17. The molecule has 3 heterocycles. The lowest BCUT2D eigenvalue weighted by molar-refractivity contribution is 0.0294. The molecule has 9 heteroatoms. The van der Waals surface area contributed by atoms with Gasteiger partial charge in [0, 0.05) is 37.2 Å². The van der Waals surface area contributed by atoms with E-state index in [9.17, 15) is 9.18 Å². The van der Waals surface area contributed by atoms with Crippen molar-refractivity contribution in [2.75, 3.05) is 39.4 Å². The molecule has 1 atom stereocenters. The first kappa shape index (κ1) is 21.2. The van der Waals surface area contributed by atoms with Gasteiger partial charge < -0.3 is 9.64 Å². The predicted molar refractivity (Wildman–Crippen MR) is 111 cm³/mol. The summed E-state index contributed by atoms with van der Waals surface area (Å²) in [4.78, 5) is 17.5. The van der Waals surface area contributed by atoms with Crippen molar-refractivity contribution in [2.24, 2.45) is 0 Å². The van der Waals surface area contributed by atoms with Crippen LogP contribution in [-0.4, -0.2) is 76.1 Å². The van der Waals surface area contributed by atoms with Gasteiger partial charge in [-0.3, -0.25) is 9.69 Å². The number of piperidine rings is 1. The van der Waals surface area contributed by atoms with Crippen molar-refractivity contribution in [3.8, 4) is 0 Å². The third kappa shape index (κ3) is 5.17. The Kier molecular flexibility index (Phi) is 6.97. The number of amides is 1. The van der Waals surface area contributed by atoms with Crippen molar-refractivity contribution in [3.05, 3.63) is 46.5 Å². The van der Waals surface area contributed by atoms with E-state index in [1.54, 1.807) is 16.9 Å². The zero-order valence-corrected chi connectivity index (χ0v) is 17.7. The number of carbonyl (C=O) groups excluding carboxylic acids is 1. The Hall–Kier alpha value is -2.03. The smallest absolute Gasteiger partial charge is 0.276 e. The number of hydrogen-bond donors (Lipinski definition) is 0. The number of morpholine rings is 1. The summed E-state index contributed by atoms with van der Waals surface area (Å²) in [6.45, 7) is 5.56. The van der Waals surface area contributed by atoms with Crippen LogP contribution in [0, 0.1) is 5.82 Å². The van der Waals surface area contributed by atoms with E-state index in [1.807, 2.05) is 4.90 Å². The second-order valence-corrected chi connectivity index (χ2v) is 8.34. The maximum atomic E-state index is 13.2. The first-order valence-corrected chi connectivity index (χ1v) is 10.9. The quantitative estimate of drug-likeness (QED) is 0.698. The first-order chi connectivity index (χ1) is 14.6. The monoisotopic (exact) mass is 435 g/mol. The van der Waals surface area contributed by atoms with Crippen molar-refractivity contribution in [3.63, 3.8) is 0 Å². The van der Waals surface area contributed by atoms with Crippen LogP contribution in [0.25, 0.3) is 0 Å². The van der Waals surface area contributed by atoms with Gasteiger partial charge >= 0.3 is 0 Å². The molecule has 2 fully saturated rings. The van der Waals surface area contributed by atoms with Crippen LogP contribution in [0.2, 0.25) is 5.02 Å². The van der Waals surface area contributed by atoms with Gasteiger partial charge in [-0.1, -0.05) is 22.9 Å². The van der Waals surface area contributed by atoms with Crippen molar-refractivity contribution in [1.82, 2.24) is 24.8 Å². The number of nitrogens with zero attached hydrogens (tertiary/aromatic N) is 5. The highest BCUT2D eigenvalue weighted by atomic mass is 35.5. The van der Waals surface area contributed by atoms with E-state index in [0.29, 0.717) is 17.3 Å². The Balaban J connectivity index is 1.39. The minimum Gasteiger partial charge on any atom is -0.379 e. The Morgan fingerprint density at radius 3 is 2.87 bits per heavy atom. The molecule has 0 spiro atoms. The van der Waals surface area contributed by atoms with Gasteiger partial charge in [0.25, 0.3) is 5.91 Å². The summed E-state index contributed by atoms with van der Waals surface area (Å²) in [6.07, 6.45) is 5.79. The number of ether oxygens (including phenoxy) is 1. The van der Waals surface area contributed by atoms with E-state index in [0.717, 1.165) is 70.6 Å². The number of aromatic nitrogens is 3. The number of hydrogen-bond acceptors (Lipinski definition) is 5. The van der Waals surface area contributed by atoms with E-state index < -0.39 is 0 Å². The minimum atomic E-state index is -0.383. The van der Waals surface area contributed by atoms with Gasteiger partial charge in [-0.2, -0.15) is 0 Å². The molecule has 7 nitrogen and oxygen atoms in total. The number of halogens is 2. The predicted octanol–water partition coefficient (Wildman–Crippen LogP) is 2.84. The van der Waals surface area contributed by atoms with Crippen LogP contribution in [0.4, 0.5) is 4.39 Å². The highest BCUT2D eigenvalue weighted by molar-refractivity contribution is 6.31. The number of likely N-dealkylation sites (tertiary alicyclic amines) is 1. The number of benzene rings is 1. The molecule has 162 valence electrons. The van der Waals surface area contributed by atoms with Gasteiger partial charge in [-0.05, 0) is 43.4 Å². The standard InChI is InChI=1S/C21H27ClFN5O2/c22-19-13-17(23)5-4-16(19)14-27-15-20(24-25-27)21(29)28-7-2-1-3-18(28)6-8-26-9-11-30-12-10-26/h4-5,13,15,18H,1-3,6-12,14H2. The summed E-state index contributed by atoms with van der Waals surface area (Å²) in [7, 11) is 0. The maximum absolute atomic E-state index is 13.2. The summed E-state index contributed by atoms with van der Waals surface area (Å²) >= 11 is 6.10. The molecular weight excluding hydrogens is 409 g/mol. The molecule has 2 aromatic rings. The molecule has 0 bridgehead atoms. The Morgan fingerprint density at radius 2 is 2.07 bits per heavy atom. The van der Waals surface area contributed by atoms with Crippen LogP contribution >= 0.6 is 11.6 Å². The van der Waals surface area contributed by atoms with Gasteiger partial charge in [0.05, 0.1) is 26.0 Å². The lowest BCUT2D eigenvalue weighted by Gasteiger charge is -2.37. The zero-order chi connectivity index (χ0) is 20.9. The van der Waals surface area contributed by atoms with E-state index in [4.69, 9.17) is 16.3 Å². The second-order valence-electron chi connectivity index (χ2n) is 7.93. The maximum Gasteiger partial charge on any atom is 0.276 e. The van der Waals surface area contributed by atoms with Crippen LogP contribution in [0.3, 0.4) is 0 Å². The molecule has 4 rings (SSSR count). The van der Waals surface area contributed by atoms with Gasteiger partial charge in [-0.15, -0.1) is 5.10 Å². The Bertz CT molecular complexity index is 871. The van der Waals surface area contributed by atoms with Crippen molar-refractivity contribution in [2.45, 2.75) is 38.3 Å². The Labute approximate surface area is 180 Å². The van der Waals surface area contributed by atoms with E-state index >= 15 is 0 Å². The summed E-state index contributed by atoms with van der Waals surface area (Å²) in [6, 6.07) is 4.47. The van der Waals surface area contributed by atoms with Crippen molar-refractivity contribution in [1.29, 1.82) is 0 Å². The average Bonchev–Trinajstić information content (AvgIpc) is 3.23. The number of carbonyl (C=O) groups is 1. The minimum absolute atomic E-state index is 0.0712. The molecular formula is C21H27ClFN5O2. The van der Waals surface area contributed by atoms with Gasteiger partial charge in [-0.25, -0.2) is 9.07 Å². The molecule has 2 aliphatic heterocycles. The molecule has 1 amide bonds. The fraction of sp³-hybridized carbons (Fsp3) is 0.571. The summed E-state index contributed by atoms with van der Waals surface area (Å²) in [5, 5.41) is 8.51. The molecule has 2 aliphatic rings. The summed E-state index contributed by atoms with van der Waals surface area (Å²) in [5.41, 5.74) is 1.06. The molecule has 1 aromatic carbocycles. The summed E-state index contributed by atoms with van der Waals surface area (Å²) < 4.78 is 20.2. The van der Waals surface area contributed by atoms with Crippen molar-refractivity contribution >= 4 is 17.5 Å². The largest absolute Gasteiger partial charge is 0.379 e. The van der Waals surface area contributed by atoms with E-state index in [1.165, 1.54) is 12.1 Å². The van der Waals surface area contributed by atoms with Crippen molar-refractivity contribution < 1.29 is 13.9 Å². The molecule has 0 radical (unpaired) electrons. The summed E-state index contributed by atoms with van der Waals surface area (Å²) in [5.74, 6) is -0.454. The first-order valence-electron chi connectivity index (χ1n) is 10.6. The van der Waals surface area contributed by atoms with Gasteiger partial charge in [0.1, 0.15) is 5.82 Å². The average molecular weight is 436 g/mol. The van der Waals surface area contributed by atoms with Crippen LogP contribution in [-0.2, 0) is 11.3 Å². The molecule has 0 saturated carbocycles. The molecule has 0 aliphatic carbocycles. The van der Waals surface area contributed by atoms with E-state index in [-0.39, 0.29) is 17.8 Å². The highest BCUT2D eigenvalue weighted by Crippen LogP contribution is 2.23. The third-order valence-electron chi connectivity index (χ3n) is 5.88. The second kappa shape index (κ2) is 9.85. The third-order valence-corrected chi connectivity index (χ3v) is 6.23. The molecule has 2 saturated heterocycles. The van der Waals surface area contributed by atoms with Crippen LogP contribution in [0.5, 0.6) is 0 Å². The van der Waals surface area contributed by atoms with Gasteiger partial charge in [0.2, 0.25) is 0 Å². The van der Waals surface area contributed by atoms with E-state index in [2.05, 4.69) is 15.2 Å². The van der Waals surface area contributed by atoms with Crippen LogP contribution < -0.4 is 0 Å². The lowest BCUT2D eigenvalue weighted by atomic mass is 9.98. The highest BCUT2D eigenvalue weighted by Gasteiger charge is 2.29. The molecule has 0 N–H and O–H groups in total. The Morgan fingerprint density at radius 1 is 1.23 bits per heavy atom. The lowest BCUT2D eigenvalue weighted by Crippen LogP contribution is -2.46. The SMILES string of the molecule is O=C(c1cn(Cc2ccc(F)cc2Cl)nn1)N1CCCCC1CCN1CCOCC1. The fourth-order valence-corrected chi connectivity index (χ4v) is 4.40.